The number of benzene rings is 2. The highest BCUT2D eigenvalue weighted by Gasteiger charge is 2.13. The lowest BCUT2D eigenvalue weighted by molar-refractivity contribution is -0.113. The summed E-state index contributed by atoms with van der Waals surface area (Å²) in [7, 11) is 0. The van der Waals surface area contributed by atoms with E-state index >= 15 is 0 Å². The Balaban J connectivity index is 2.01. The van der Waals surface area contributed by atoms with Crippen LogP contribution in [0.3, 0.4) is 0 Å². The summed E-state index contributed by atoms with van der Waals surface area (Å²) < 4.78 is 13.0. The third-order valence-electron chi connectivity index (χ3n) is 2.60. The van der Waals surface area contributed by atoms with Crippen LogP contribution in [-0.4, -0.2) is 22.7 Å². The van der Waals surface area contributed by atoms with Crippen LogP contribution in [0.2, 0.25) is 0 Å². The van der Waals surface area contributed by atoms with E-state index in [1.807, 2.05) is 30.3 Å². The number of nitrogens with one attached hydrogen (secondary N) is 1. The maximum atomic E-state index is 13.0. The fourth-order valence-corrected chi connectivity index (χ4v) is 2.37. The maximum absolute atomic E-state index is 13.0. The molecule has 4 nitrogen and oxygen atoms in total. The van der Waals surface area contributed by atoms with Crippen LogP contribution < -0.4 is 5.32 Å². The number of carboxylic acid groups (broad SMARTS) is 1. The molecule has 2 N–H and O–H groups in total. The second kappa shape index (κ2) is 6.90. The third kappa shape index (κ3) is 4.32. The largest absolute Gasteiger partial charge is 0.478 e. The van der Waals surface area contributed by atoms with Crippen LogP contribution >= 0.6 is 11.8 Å². The van der Waals surface area contributed by atoms with Crippen LogP contribution in [0.25, 0.3) is 0 Å². The number of aromatic carboxylic acids is 1. The molecule has 0 radical (unpaired) electrons. The molecular weight excluding hydrogens is 293 g/mol. The number of amides is 1. The summed E-state index contributed by atoms with van der Waals surface area (Å²) in [5, 5.41) is 11.5. The molecule has 0 spiro atoms. The smallest absolute Gasteiger partial charge is 0.337 e. The van der Waals surface area contributed by atoms with Crippen molar-refractivity contribution in [2.45, 2.75) is 4.90 Å². The van der Waals surface area contributed by atoms with E-state index in [1.165, 1.54) is 17.8 Å². The molecule has 2 aromatic rings. The Labute approximate surface area is 125 Å². The van der Waals surface area contributed by atoms with Gasteiger partial charge < -0.3 is 10.4 Å². The number of hydrogen-bond donors (Lipinski definition) is 2. The molecule has 0 aromatic heterocycles. The molecule has 0 unspecified atom stereocenters. The zero-order valence-corrected chi connectivity index (χ0v) is 11.7. The van der Waals surface area contributed by atoms with Crippen molar-refractivity contribution in [2.75, 3.05) is 11.1 Å². The molecule has 108 valence electrons. The summed E-state index contributed by atoms with van der Waals surface area (Å²) in [6.45, 7) is 0. The lowest BCUT2D eigenvalue weighted by atomic mass is 10.1. The maximum Gasteiger partial charge on any atom is 0.337 e. The number of halogens is 1. The highest BCUT2D eigenvalue weighted by atomic mass is 32.2. The van der Waals surface area contributed by atoms with Crippen molar-refractivity contribution in [3.63, 3.8) is 0 Å². The first-order valence-corrected chi connectivity index (χ1v) is 7.05. The van der Waals surface area contributed by atoms with Gasteiger partial charge in [0.25, 0.3) is 0 Å². The molecule has 0 atom stereocenters. The van der Waals surface area contributed by atoms with E-state index in [0.717, 1.165) is 17.0 Å². The van der Waals surface area contributed by atoms with Crippen LogP contribution in [0.1, 0.15) is 10.4 Å². The van der Waals surface area contributed by atoms with Gasteiger partial charge >= 0.3 is 5.97 Å². The van der Waals surface area contributed by atoms with E-state index in [1.54, 1.807) is 0 Å². The zero-order valence-electron chi connectivity index (χ0n) is 10.9. The third-order valence-corrected chi connectivity index (χ3v) is 3.61. The number of carbonyl (C=O) groups excluding carboxylic acids is 1. The van der Waals surface area contributed by atoms with Crippen molar-refractivity contribution >= 4 is 29.3 Å². The second-order valence-corrected chi connectivity index (χ2v) is 5.19. The molecule has 0 bridgehead atoms. The quantitative estimate of drug-likeness (QED) is 0.832. The molecule has 0 saturated heterocycles. The van der Waals surface area contributed by atoms with Crippen LogP contribution in [0, 0.1) is 5.82 Å². The van der Waals surface area contributed by atoms with Crippen molar-refractivity contribution < 1.29 is 19.1 Å². The molecular formula is C15H12FNO3S. The molecule has 0 aliphatic rings. The van der Waals surface area contributed by atoms with Gasteiger partial charge in [-0.25, -0.2) is 9.18 Å². The zero-order chi connectivity index (χ0) is 15.2. The molecule has 0 fully saturated rings. The molecule has 0 aliphatic heterocycles. The van der Waals surface area contributed by atoms with Crippen LogP contribution in [0.15, 0.2) is 53.4 Å². The molecule has 0 heterocycles. The van der Waals surface area contributed by atoms with Gasteiger partial charge in [0.1, 0.15) is 5.82 Å². The molecule has 21 heavy (non-hydrogen) atoms. The number of anilines is 1. The summed E-state index contributed by atoms with van der Waals surface area (Å²) in [4.78, 5) is 23.8. The summed E-state index contributed by atoms with van der Waals surface area (Å²) in [6, 6.07) is 12.6. The van der Waals surface area contributed by atoms with Gasteiger partial charge in [0.05, 0.1) is 17.0 Å². The van der Waals surface area contributed by atoms with E-state index in [4.69, 9.17) is 5.11 Å². The van der Waals surface area contributed by atoms with Crippen molar-refractivity contribution in [1.82, 2.24) is 0 Å². The normalized spacial score (nSPS) is 10.1. The van der Waals surface area contributed by atoms with Crippen molar-refractivity contribution in [1.29, 1.82) is 0 Å². The molecule has 0 aliphatic carbocycles. The Bertz CT molecular complexity index is 661. The Morgan fingerprint density at radius 2 is 1.86 bits per heavy atom. The topological polar surface area (TPSA) is 66.4 Å². The van der Waals surface area contributed by atoms with Crippen molar-refractivity contribution in [2.24, 2.45) is 0 Å². The van der Waals surface area contributed by atoms with Gasteiger partial charge in [0, 0.05) is 4.90 Å². The number of hydrogen-bond acceptors (Lipinski definition) is 3. The average Bonchev–Trinajstić information content (AvgIpc) is 2.48. The van der Waals surface area contributed by atoms with Gasteiger partial charge in [-0.2, -0.15) is 0 Å². The number of thioether (sulfide) groups is 1. The first-order chi connectivity index (χ1) is 10.1. The van der Waals surface area contributed by atoms with Gasteiger partial charge in [-0.3, -0.25) is 4.79 Å². The predicted octanol–water partition coefficient (Wildman–Crippen LogP) is 3.25. The Morgan fingerprint density at radius 1 is 1.14 bits per heavy atom. The van der Waals surface area contributed by atoms with E-state index in [0.29, 0.717) is 0 Å². The fraction of sp³-hybridized carbons (Fsp3) is 0.0667. The molecule has 1 amide bonds. The minimum atomic E-state index is -1.29. The standard InChI is InChI=1S/C15H12FNO3S/c16-10-6-7-13(12(8-10)15(19)20)17-14(18)9-21-11-4-2-1-3-5-11/h1-8H,9H2,(H,17,18)(H,19,20). The van der Waals surface area contributed by atoms with Crippen LogP contribution in [-0.2, 0) is 4.79 Å². The number of carboxylic acids is 1. The van der Waals surface area contributed by atoms with E-state index in [2.05, 4.69) is 5.32 Å². The second-order valence-electron chi connectivity index (χ2n) is 4.14. The van der Waals surface area contributed by atoms with E-state index < -0.39 is 11.8 Å². The fourth-order valence-electron chi connectivity index (χ4n) is 1.65. The number of rotatable bonds is 5. The summed E-state index contributed by atoms with van der Waals surface area (Å²) in [6.07, 6.45) is 0. The van der Waals surface area contributed by atoms with Gasteiger partial charge in [0.15, 0.2) is 0 Å². The van der Waals surface area contributed by atoms with E-state index in [-0.39, 0.29) is 22.9 Å². The first-order valence-electron chi connectivity index (χ1n) is 6.07. The Kier molecular flexibility index (Phi) is 4.94. The predicted molar refractivity (Wildman–Crippen MR) is 79.2 cm³/mol. The number of carbonyl (C=O) groups is 2. The van der Waals surface area contributed by atoms with Gasteiger partial charge in [0.2, 0.25) is 5.91 Å². The molecule has 0 saturated carbocycles. The summed E-state index contributed by atoms with van der Waals surface area (Å²) in [5.41, 5.74) is -0.185. The summed E-state index contributed by atoms with van der Waals surface area (Å²) in [5.74, 6) is -2.16. The lowest BCUT2D eigenvalue weighted by Gasteiger charge is -2.08. The Hall–Kier alpha value is -2.34. The Morgan fingerprint density at radius 3 is 2.52 bits per heavy atom. The van der Waals surface area contributed by atoms with Crippen LogP contribution in [0.4, 0.5) is 10.1 Å². The molecule has 2 rings (SSSR count). The minimum absolute atomic E-state index is 0.0857. The highest BCUT2D eigenvalue weighted by molar-refractivity contribution is 8.00. The first kappa shape index (κ1) is 15.1. The van der Waals surface area contributed by atoms with Gasteiger partial charge in [-0.15, -0.1) is 11.8 Å². The highest BCUT2D eigenvalue weighted by Crippen LogP contribution is 2.20. The SMILES string of the molecule is O=C(CSc1ccccc1)Nc1ccc(F)cc1C(=O)O. The van der Waals surface area contributed by atoms with E-state index in [9.17, 15) is 14.0 Å². The van der Waals surface area contributed by atoms with Gasteiger partial charge in [-0.05, 0) is 30.3 Å². The summed E-state index contributed by atoms with van der Waals surface area (Å²) >= 11 is 1.33. The van der Waals surface area contributed by atoms with Crippen LogP contribution in [0.5, 0.6) is 0 Å². The van der Waals surface area contributed by atoms with Crippen molar-refractivity contribution in [3.8, 4) is 0 Å². The molecule has 6 heteroatoms. The molecule has 2 aromatic carbocycles. The lowest BCUT2D eigenvalue weighted by Crippen LogP contribution is -2.16. The van der Waals surface area contributed by atoms with Crippen molar-refractivity contribution in [3.05, 3.63) is 59.9 Å². The average molecular weight is 305 g/mol. The van der Waals surface area contributed by atoms with Gasteiger partial charge in [-0.1, -0.05) is 18.2 Å². The minimum Gasteiger partial charge on any atom is -0.478 e. The monoisotopic (exact) mass is 305 g/mol.